The van der Waals surface area contributed by atoms with Crippen molar-refractivity contribution in [2.45, 2.75) is 39.8 Å². The number of ether oxygens (including phenoxy) is 2. The summed E-state index contributed by atoms with van der Waals surface area (Å²) < 4.78 is 11.6. The first kappa shape index (κ1) is 19.5. The van der Waals surface area contributed by atoms with Crippen LogP contribution >= 0.6 is 0 Å². The Morgan fingerprint density at radius 3 is 2.67 bits per heavy atom. The molecule has 0 spiro atoms. The first-order valence-electron chi connectivity index (χ1n) is 9.66. The average Bonchev–Trinajstić information content (AvgIpc) is 2.99. The number of benzene rings is 1. The maximum absolute atomic E-state index is 12.3. The average molecular weight is 375 g/mol. The van der Waals surface area contributed by atoms with Crippen molar-refractivity contribution in [3.63, 3.8) is 0 Å². The predicted molar refractivity (Wildman–Crippen MR) is 102 cm³/mol. The van der Waals surface area contributed by atoms with E-state index in [1.165, 1.54) is 0 Å². The molecule has 0 radical (unpaired) electrons. The number of rotatable bonds is 6. The lowest BCUT2D eigenvalue weighted by Crippen LogP contribution is -2.50. The molecular formula is C20H29N3O4. The highest BCUT2D eigenvalue weighted by atomic mass is 16.5. The minimum atomic E-state index is -0.0245. The van der Waals surface area contributed by atoms with Crippen LogP contribution in [0.3, 0.4) is 0 Å². The molecule has 2 aliphatic heterocycles. The van der Waals surface area contributed by atoms with Gasteiger partial charge in [-0.15, -0.1) is 0 Å². The Morgan fingerprint density at radius 1 is 1.26 bits per heavy atom. The van der Waals surface area contributed by atoms with Crippen LogP contribution < -0.4 is 14.8 Å². The van der Waals surface area contributed by atoms with E-state index in [4.69, 9.17) is 9.47 Å². The lowest BCUT2D eigenvalue weighted by molar-refractivity contribution is -0.131. The molecule has 7 nitrogen and oxygen atoms in total. The molecule has 0 aliphatic carbocycles. The van der Waals surface area contributed by atoms with Crippen molar-refractivity contribution in [1.29, 1.82) is 0 Å². The van der Waals surface area contributed by atoms with Gasteiger partial charge in [-0.1, -0.05) is 0 Å². The van der Waals surface area contributed by atoms with Crippen LogP contribution in [-0.4, -0.2) is 67.0 Å². The van der Waals surface area contributed by atoms with Crippen LogP contribution in [0.5, 0.6) is 11.5 Å². The second kappa shape index (κ2) is 8.61. The van der Waals surface area contributed by atoms with E-state index in [0.29, 0.717) is 32.8 Å². The van der Waals surface area contributed by atoms with Gasteiger partial charge in [0.2, 0.25) is 11.8 Å². The lowest BCUT2D eigenvalue weighted by atomic mass is 10.1. The van der Waals surface area contributed by atoms with E-state index >= 15 is 0 Å². The molecule has 2 amide bonds. The SMILES string of the molecule is CCOc1cc2c(cc1CNC(=O)CN1CCN(C(C)=O)CC1)O[C@@H](C)C2. The molecule has 3 rings (SSSR count). The summed E-state index contributed by atoms with van der Waals surface area (Å²) >= 11 is 0. The number of amides is 2. The fourth-order valence-corrected chi connectivity index (χ4v) is 3.58. The van der Waals surface area contributed by atoms with Crippen LogP contribution in [0.25, 0.3) is 0 Å². The van der Waals surface area contributed by atoms with Gasteiger partial charge in [-0.05, 0) is 26.0 Å². The third-order valence-electron chi connectivity index (χ3n) is 5.04. The molecule has 2 heterocycles. The molecule has 0 bridgehead atoms. The summed E-state index contributed by atoms with van der Waals surface area (Å²) in [6, 6.07) is 4.01. The Hall–Kier alpha value is -2.28. The minimum absolute atomic E-state index is 0.0245. The zero-order valence-corrected chi connectivity index (χ0v) is 16.4. The molecule has 0 unspecified atom stereocenters. The number of piperazine rings is 1. The fourth-order valence-electron chi connectivity index (χ4n) is 3.58. The van der Waals surface area contributed by atoms with Crippen LogP contribution in [0, 0.1) is 0 Å². The van der Waals surface area contributed by atoms with Crippen LogP contribution in [0.15, 0.2) is 12.1 Å². The van der Waals surface area contributed by atoms with Gasteiger partial charge in [-0.2, -0.15) is 0 Å². The summed E-state index contributed by atoms with van der Waals surface area (Å²) in [5.74, 6) is 1.76. The third kappa shape index (κ3) is 4.91. The van der Waals surface area contributed by atoms with Crippen molar-refractivity contribution in [1.82, 2.24) is 15.1 Å². The summed E-state index contributed by atoms with van der Waals surface area (Å²) in [6.07, 6.45) is 1.06. The molecule has 27 heavy (non-hydrogen) atoms. The van der Waals surface area contributed by atoms with E-state index in [0.717, 1.165) is 42.1 Å². The maximum atomic E-state index is 12.3. The van der Waals surface area contributed by atoms with E-state index in [1.807, 2.05) is 30.9 Å². The number of carbonyl (C=O) groups excluding carboxylic acids is 2. The predicted octanol–water partition coefficient (Wildman–Crippen LogP) is 1.19. The molecule has 1 saturated heterocycles. The highest BCUT2D eigenvalue weighted by Gasteiger charge is 2.23. The van der Waals surface area contributed by atoms with E-state index in [9.17, 15) is 9.59 Å². The van der Waals surface area contributed by atoms with Crippen molar-refractivity contribution in [2.75, 3.05) is 39.3 Å². The summed E-state index contributed by atoms with van der Waals surface area (Å²) in [7, 11) is 0. The first-order valence-corrected chi connectivity index (χ1v) is 9.66. The second-order valence-corrected chi connectivity index (χ2v) is 7.19. The molecular weight excluding hydrogens is 346 g/mol. The number of nitrogens with zero attached hydrogens (tertiary/aromatic N) is 2. The van der Waals surface area contributed by atoms with E-state index in [-0.39, 0.29) is 17.9 Å². The largest absolute Gasteiger partial charge is 0.494 e. The van der Waals surface area contributed by atoms with Crippen LogP contribution in [0.4, 0.5) is 0 Å². The highest BCUT2D eigenvalue weighted by molar-refractivity contribution is 5.78. The van der Waals surface area contributed by atoms with Crippen molar-refractivity contribution >= 4 is 11.8 Å². The summed E-state index contributed by atoms with van der Waals surface area (Å²) in [5.41, 5.74) is 2.09. The van der Waals surface area contributed by atoms with Gasteiger partial charge in [-0.25, -0.2) is 0 Å². The van der Waals surface area contributed by atoms with Crippen molar-refractivity contribution in [3.05, 3.63) is 23.3 Å². The van der Waals surface area contributed by atoms with Gasteiger partial charge >= 0.3 is 0 Å². The van der Waals surface area contributed by atoms with Crippen LogP contribution in [0.1, 0.15) is 31.9 Å². The molecule has 2 aliphatic rings. The van der Waals surface area contributed by atoms with E-state index < -0.39 is 0 Å². The van der Waals surface area contributed by atoms with Crippen molar-refractivity contribution in [3.8, 4) is 11.5 Å². The van der Waals surface area contributed by atoms with Gasteiger partial charge in [0.05, 0.1) is 13.2 Å². The zero-order chi connectivity index (χ0) is 19.4. The Labute approximate surface area is 160 Å². The lowest BCUT2D eigenvalue weighted by Gasteiger charge is -2.33. The zero-order valence-electron chi connectivity index (χ0n) is 16.4. The topological polar surface area (TPSA) is 71.1 Å². The standard InChI is InChI=1S/C20H29N3O4/c1-4-26-18-10-16-9-14(2)27-19(16)11-17(18)12-21-20(25)13-22-5-7-23(8-6-22)15(3)24/h10-11,14H,4-9,12-13H2,1-3H3,(H,21,25)/t14-/m0/s1. The summed E-state index contributed by atoms with van der Waals surface area (Å²) in [5, 5.41) is 2.98. The Kier molecular flexibility index (Phi) is 6.21. The molecule has 148 valence electrons. The monoisotopic (exact) mass is 375 g/mol. The number of nitrogens with one attached hydrogen (secondary N) is 1. The number of hydrogen-bond donors (Lipinski definition) is 1. The Balaban J connectivity index is 1.54. The number of carbonyl (C=O) groups is 2. The minimum Gasteiger partial charge on any atom is -0.494 e. The molecule has 1 aromatic rings. The molecule has 0 aromatic heterocycles. The van der Waals surface area contributed by atoms with Crippen LogP contribution in [0.2, 0.25) is 0 Å². The maximum Gasteiger partial charge on any atom is 0.234 e. The Morgan fingerprint density at radius 2 is 2.00 bits per heavy atom. The molecule has 1 aromatic carbocycles. The molecule has 0 saturated carbocycles. The molecule has 1 fully saturated rings. The van der Waals surface area contributed by atoms with Gasteiger partial charge in [0, 0.05) is 57.2 Å². The smallest absolute Gasteiger partial charge is 0.234 e. The molecule has 1 atom stereocenters. The van der Waals surface area contributed by atoms with Gasteiger partial charge in [0.15, 0.2) is 0 Å². The first-order chi connectivity index (χ1) is 13.0. The number of fused-ring (bicyclic) bond motifs is 1. The number of hydrogen-bond acceptors (Lipinski definition) is 5. The quantitative estimate of drug-likeness (QED) is 0.809. The third-order valence-corrected chi connectivity index (χ3v) is 5.04. The van der Waals surface area contributed by atoms with Gasteiger partial charge in [-0.3, -0.25) is 14.5 Å². The highest BCUT2D eigenvalue weighted by Crippen LogP contribution is 2.35. The Bertz CT molecular complexity index is 699. The molecule has 7 heteroatoms. The van der Waals surface area contributed by atoms with Crippen molar-refractivity contribution < 1.29 is 19.1 Å². The second-order valence-electron chi connectivity index (χ2n) is 7.19. The van der Waals surface area contributed by atoms with Crippen LogP contribution in [-0.2, 0) is 22.6 Å². The van der Waals surface area contributed by atoms with Crippen molar-refractivity contribution in [2.24, 2.45) is 0 Å². The van der Waals surface area contributed by atoms with Gasteiger partial charge in [0.25, 0.3) is 0 Å². The fraction of sp³-hybridized carbons (Fsp3) is 0.600. The normalized spacial score (nSPS) is 19.4. The van der Waals surface area contributed by atoms with Gasteiger partial charge in [0.1, 0.15) is 17.6 Å². The summed E-state index contributed by atoms with van der Waals surface area (Å²) in [6.45, 7) is 9.72. The summed E-state index contributed by atoms with van der Waals surface area (Å²) in [4.78, 5) is 27.6. The van der Waals surface area contributed by atoms with E-state index in [2.05, 4.69) is 10.2 Å². The molecule has 1 N–H and O–H groups in total. The van der Waals surface area contributed by atoms with Gasteiger partial charge < -0.3 is 19.7 Å². The van der Waals surface area contributed by atoms with E-state index in [1.54, 1.807) is 6.92 Å².